The number of hydrogen-bond donors (Lipinski definition) is 0. The summed E-state index contributed by atoms with van der Waals surface area (Å²) in [7, 11) is 0. The van der Waals surface area contributed by atoms with E-state index in [1.165, 1.54) is 57.1 Å². The fourth-order valence-corrected chi connectivity index (χ4v) is 4.59. The maximum absolute atomic E-state index is 3.76. The molecule has 2 unspecified atom stereocenters. The molecule has 0 spiro atoms. The van der Waals surface area contributed by atoms with E-state index < -0.39 is 0 Å². The number of nitrogens with zero attached hydrogens (tertiary/aromatic N) is 1. The Hall–Kier alpha value is 0.440. The summed E-state index contributed by atoms with van der Waals surface area (Å²) in [5.41, 5.74) is 0.608. The van der Waals surface area contributed by atoms with E-state index in [1.54, 1.807) is 0 Å². The molecule has 2 aliphatic rings. The minimum Gasteiger partial charge on any atom is -0.302 e. The topological polar surface area (TPSA) is 3.24 Å². The lowest BCUT2D eigenvalue weighted by Gasteiger charge is -2.40. The van der Waals surface area contributed by atoms with Crippen LogP contribution in [0, 0.1) is 17.3 Å². The van der Waals surface area contributed by atoms with Gasteiger partial charge in [0.25, 0.3) is 0 Å². The van der Waals surface area contributed by atoms with Crippen molar-refractivity contribution in [1.82, 2.24) is 4.90 Å². The van der Waals surface area contributed by atoms with Gasteiger partial charge < -0.3 is 4.90 Å². The van der Waals surface area contributed by atoms with E-state index in [2.05, 4.69) is 34.7 Å². The van der Waals surface area contributed by atoms with Crippen LogP contribution in [0.5, 0.6) is 0 Å². The maximum Gasteiger partial charge on any atom is 0.0100 e. The Morgan fingerprint density at radius 3 is 2.19 bits per heavy atom. The van der Waals surface area contributed by atoms with Crippen LogP contribution in [0.25, 0.3) is 0 Å². The molecule has 0 bridgehead atoms. The Labute approximate surface area is 109 Å². The van der Waals surface area contributed by atoms with Gasteiger partial charge in [-0.05, 0) is 36.5 Å². The smallest absolute Gasteiger partial charge is 0.0100 e. The Balaban J connectivity index is 1.92. The predicted molar refractivity (Wildman–Crippen MR) is 74.1 cm³/mol. The number of rotatable bonds is 3. The number of piperidine rings is 1. The molecular weight excluding hydrogens is 262 g/mol. The molecule has 0 amide bonds. The standard InChI is InChI=1S/C14H26BrN/c1-12-7-13(2)9-16(8-12)11-14(10-15)5-3-4-6-14/h12-13H,3-11H2,1-2H3. The first-order valence-corrected chi connectivity index (χ1v) is 8.04. The van der Waals surface area contributed by atoms with E-state index in [0.29, 0.717) is 5.41 Å². The summed E-state index contributed by atoms with van der Waals surface area (Å²) in [5.74, 6) is 1.80. The van der Waals surface area contributed by atoms with Crippen LogP contribution < -0.4 is 0 Å². The summed E-state index contributed by atoms with van der Waals surface area (Å²) in [6.07, 6.45) is 7.21. The summed E-state index contributed by atoms with van der Waals surface area (Å²) in [4.78, 5) is 2.74. The van der Waals surface area contributed by atoms with Gasteiger partial charge in [-0.15, -0.1) is 0 Å². The first-order valence-electron chi connectivity index (χ1n) is 6.92. The van der Waals surface area contributed by atoms with Crippen LogP contribution in [0.4, 0.5) is 0 Å². The molecule has 0 aromatic rings. The van der Waals surface area contributed by atoms with Gasteiger partial charge in [0, 0.05) is 25.0 Å². The molecule has 0 aromatic heterocycles. The molecule has 1 saturated carbocycles. The number of hydrogen-bond acceptors (Lipinski definition) is 1. The molecule has 1 aliphatic heterocycles. The molecule has 0 radical (unpaired) electrons. The van der Waals surface area contributed by atoms with Gasteiger partial charge in [-0.1, -0.05) is 42.6 Å². The fourth-order valence-electron chi connectivity index (χ4n) is 3.85. The SMILES string of the molecule is CC1CC(C)CN(CC2(CBr)CCCC2)C1. The van der Waals surface area contributed by atoms with Crippen molar-refractivity contribution < 1.29 is 0 Å². The molecule has 1 heterocycles. The van der Waals surface area contributed by atoms with Crippen LogP contribution in [-0.4, -0.2) is 29.9 Å². The Bertz CT molecular complexity index is 213. The van der Waals surface area contributed by atoms with Crippen LogP contribution in [0.1, 0.15) is 46.0 Å². The zero-order valence-corrected chi connectivity index (χ0v) is 12.4. The molecule has 2 atom stereocenters. The highest BCUT2D eigenvalue weighted by Gasteiger charge is 2.36. The van der Waals surface area contributed by atoms with Crippen molar-refractivity contribution in [2.45, 2.75) is 46.0 Å². The second-order valence-corrected chi connectivity index (χ2v) is 7.04. The lowest BCUT2D eigenvalue weighted by atomic mass is 9.85. The Morgan fingerprint density at radius 1 is 1.12 bits per heavy atom. The molecular formula is C14H26BrN. The molecule has 1 aliphatic carbocycles. The minimum atomic E-state index is 0.608. The lowest BCUT2D eigenvalue weighted by molar-refractivity contribution is 0.0943. The molecule has 2 heteroatoms. The van der Waals surface area contributed by atoms with E-state index in [9.17, 15) is 0 Å². The van der Waals surface area contributed by atoms with Gasteiger partial charge in [-0.2, -0.15) is 0 Å². The molecule has 2 fully saturated rings. The average Bonchev–Trinajstić information content (AvgIpc) is 2.65. The molecule has 16 heavy (non-hydrogen) atoms. The predicted octanol–water partition coefficient (Wildman–Crippen LogP) is 3.92. The highest BCUT2D eigenvalue weighted by molar-refractivity contribution is 9.09. The van der Waals surface area contributed by atoms with Crippen LogP contribution in [-0.2, 0) is 0 Å². The highest BCUT2D eigenvalue weighted by Crippen LogP contribution is 2.41. The number of halogens is 1. The third-order valence-electron chi connectivity index (χ3n) is 4.45. The minimum absolute atomic E-state index is 0.608. The lowest BCUT2D eigenvalue weighted by Crippen LogP contribution is -2.45. The normalized spacial score (nSPS) is 35.4. The molecule has 0 aromatic carbocycles. The number of alkyl halides is 1. The van der Waals surface area contributed by atoms with Crippen molar-refractivity contribution in [3.63, 3.8) is 0 Å². The molecule has 94 valence electrons. The van der Waals surface area contributed by atoms with E-state index >= 15 is 0 Å². The van der Waals surface area contributed by atoms with Crippen LogP contribution in [0.3, 0.4) is 0 Å². The second kappa shape index (κ2) is 5.39. The van der Waals surface area contributed by atoms with Crippen molar-refractivity contribution in [3.8, 4) is 0 Å². The van der Waals surface area contributed by atoms with Gasteiger partial charge >= 0.3 is 0 Å². The van der Waals surface area contributed by atoms with Crippen molar-refractivity contribution in [1.29, 1.82) is 0 Å². The average molecular weight is 288 g/mol. The summed E-state index contributed by atoms with van der Waals surface area (Å²) in [6.45, 7) is 8.83. The zero-order valence-electron chi connectivity index (χ0n) is 10.8. The van der Waals surface area contributed by atoms with Crippen LogP contribution >= 0.6 is 15.9 Å². The van der Waals surface area contributed by atoms with E-state index in [-0.39, 0.29) is 0 Å². The third-order valence-corrected chi connectivity index (χ3v) is 5.64. The number of likely N-dealkylation sites (tertiary alicyclic amines) is 1. The van der Waals surface area contributed by atoms with Gasteiger partial charge in [0.05, 0.1) is 0 Å². The van der Waals surface area contributed by atoms with Crippen molar-refractivity contribution >= 4 is 15.9 Å². The van der Waals surface area contributed by atoms with Crippen LogP contribution in [0.15, 0.2) is 0 Å². The summed E-state index contributed by atoms with van der Waals surface area (Å²) in [5, 5.41) is 1.21. The van der Waals surface area contributed by atoms with Gasteiger partial charge in [0.1, 0.15) is 0 Å². The summed E-state index contributed by atoms with van der Waals surface area (Å²) < 4.78 is 0. The fraction of sp³-hybridized carbons (Fsp3) is 1.00. The first kappa shape index (κ1) is 12.9. The Morgan fingerprint density at radius 2 is 1.69 bits per heavy atom. The monoisotopic (exact) mass is 287 g/mol. The molecule has 1 saturated heterocycles. The molecule has 2 rings (SSSR count). The van der Waals surface area contributed by atoms with Gasteiger partial charge in [0.15, 0.2) is 0 Å². The first-order chi connectivity index (χ1) is 7.63. The van der Waals surface area contributed by atoms with Crippen molar-refractivity contribution in [2.24, 2.45) is 17.3 Å². The van der Waals surface area contributed by atoms with Crippen LogP contribution in [0.2, 0.25) is 0 Å². The van der Waals surface area contributed by atoms with Gasteiger partial charge in [0.2, 0.25) is 0 Å². The highest BCUT2D eigenvalue weighted by atomic mass is 79.9. The summed E-state index contributed by atoms with van der Waals surface area (Å²) in [6, 6.07) is 0. The maximum atomic E-state index is 3.76. The summed E-state index contributed by atoms with van der Waals surface area (Å²) >= 11 is 3.76. The molecule has 0 N–H and O–H groups in total. The Kier molecular flexibility index (Phi) is 4.34. The van der Waals surface area contributed by atoms with E-state index in [0.717, 1.165) is 11.8 Å². The largest absolute Gasteiger partial charge is 0.302 e. The zero-order chi connectivity index (χ0) is 11.6. The van der Waals surface area contributed by atoms with Gasteiger partial charge in [-0.25, -0.2) is 0 Å². The second-order valence-electron chi connectivity index (χ2n) is 6.48. The van der Waals surface area contributed by atoms with E-state index in [1.807, 2.05) is 0 Å². The van der Waals surface area contributed by atoms with Crippen molar-refractivity contribution in [3.05, 3.63) is 0 Å². The van der Waals surface area contributed by atoms with Crippen molar-refractivity contribution in [2.75, 3.05) is 25.0 Å². The quantitative estimate of drug-likeness (QED) is 0.711. The van der Waals surface area contributed by atoms with Gasteiger partial charge in [-0.3, -0.25) is 0 Å². The van der Waals surface area contributed by atoms with E-state index in [4.69, 9.17) is 0 Å². The molecule has 1 nitrogen and oxygen atoms in total. The third kappa shape index (κ3) is 3.01.